The van der Waals surface area contributed by atoms with E-state index in [-0.39, 0.29) is 6.61 Å². The zero-order valence-electron chi connectivity index (χ0n) is 5.11. The first-order valence-corrected chi connectivity index (χ1v) is 2.55. The lowest BCUT2D eigenvalue weighted by molar-refractivity contribution is -0.141. The Bertz CT molecular complexity index is 124. The zero-order valence-corrected chi connectivity index (χ0v) is 5.11. The van der Waals surface area contributed by atoms with E-state index < -0.39 is 18.4 Å². The smallest absolute Gasteiger partial charge is 0.314 e. The number of ether oxygens (including phenoxy) is 1. The SMILES string of the molecule is CCOC(=O)CC(=N)F. The largest absolute Gasteiger partial charge is 0.466 e. The molecule has 0 aliphatic heterocycles. The molecule has 0 spiro atoms. The van der Waals surface area contributed by atoms with Crippen LogP contribution in [0.2, 0.25) is 0 Å². The Balaban J connectivity index is 3.39. The second-order valence-electron chi connectivity index (χ2n) is 1.39. The fraction of sp³-hybridized carbons (Fsp3) is 0.600. The van der Waals surface area contributed by atoms with Gasteiger partial charge in [-0.2, -0.15) is 4.39 Å². The molecule has 0 atom stereocenters. The van der Waals surface area contributed by atoms with Crippen LogP contribution in [0.3, 0.4) is 0 Å². The summed E-state index contributed by atoms with van der Waals surface area (Å²) in [6.45, 7) is 1.85. The Morgan fingerprint density at radius 3 is 2.67 bits per heavy atom. The third-order valence-electron chi connectivity index (χ3n) is 0.605. The molecule has 0 saturated heterocycles. The minimum absolute atomic E-state index is 0.228. The van der Waals surface area contributed by atoms with Gasteiger partial charge in [0.25, 0.3) is 0 Å². The van der Waals surface area contributed by atoms with Gasteiger partial charge < -0.3 is 4.74 Å². The van der Waals surface area contributed by atoms with Crippen molar-refractivity contribution >= 4 is 11.9 Å². The van der Waals surface area contributed by atoms with E-state index in [0.717, 1.165) is 0 Å². The summed E-state index contributed by atoms with van der Waals surface area (Å²) < 4.78 is 15.9. The molecule has 0 fully saturated rings. The number of hydrogen-bond acceptors (Lipinski definition) is 3. The fourth-order valence-electron chi connectivity index (χ4n) is 0.339. The third-order valence-corrected chi connectivity index (χ3v) is 0.605. The number of carbonyl (C=O) groups excluding carboxylic acids is 1. The molecule has 0 heterocycles. The van der Waals surface area contributed by atoms with E-state index in [4.69, 9.17) is 5.41 Å². The summed E-state index contributed by atoms with van der Waals surface area (Å²) in [7, 11) is 0. The number of esters is 1. The van der Waals surface area contributed by atoms with Gasteiger partial charge in [-0.15, -0.1) is 0 Å². The molecule has 3 nitrogen and oxygen atoms in total. The fourth-order valence-corrected chi connectivity index (χ4v) is 0.339. The predicted octanol–water partition coefficient (Wildman–Crippen LogP) is 0.886. The highest BCUT2D eigenvalue weighted by Gasteiger charge is 2.03. The lowest BCUT2D eigenvalue weighted by Gasteiger charge is -1.95. The molecule has 4 heteroatoms. The second-order valence-corrected chi connectivity index (χ2v) is 1.39. The Morgan fingerprint density at radius 1 is 1.78 bits per heavy atom. The van der Waals surface area contributed by atoms with Gasteiger partial charge >= 0.3 is 5.97 Å². The molecule has 0 radical (unpaired) electrons. The molecule has 0 amide bonds. The molecule has 1 N–H and O–H groups in total. The highest BCUT2D eigenvalue weighted by atomic mass is 19.1. The number of carbonyl (C=O) groups is 1. The molecule has 52 valence electrons. The van der Waals surface area contributed by atoms with Crippen LogP contribution in [0.1, 0.15) is 13.3 Å². The molecule has 0 bridgehead atoms. The molecule has 0 aliphatic carbocycles. The summed E-state index contributed by atoms with van der Waals surface area (Å²) in [4.78, 5) is 10.3. The summed E-state index contributed by atoms with van der Waals surface area (Å²) in [6.07, 6.45) is -0.548. The van der Waals surface area contributed by atoms with Crippen LogP contribution < -0.4 is 0 Å². The van der Waals surface area contributed by atoms with E-state index in [1.807, 2.05) is 0 Å². The quantitative estimate of drug-likeness (QED) is 0.459. The van der Waals surface area contributed by atoms with Crippen molar-refractivity contribution in [3.8, 4) is 0 Å². The van der Waals surface area contributed by atoms with Crippen molar-refractivity contribution in [3.63, 3.8) is 0 Å². The summed E-state index contributed by atoms with van der Waals surface area (Å²) in [6, 6.07) is 0. The van der Waals surface area contributed by atoms with Gasteiger partial charge in [-0.3, -0.25) is 10.2 Å². The van der Waals surface area contributed by atoms with Crippen molar-refractivity contribution < 1.29 is 13.9 Å². The van der Waals surface area contributed by atoms with E-state index >= 15 is 0 Å². The normalized spacial score (nSPS) is 8.67. The maximum Gasteiger partial charge on any atom is 0.314 e. The van der Waals surface area contributed by atoms with E-state index in [2.05, 4.69) is 4.74 Å². The summed E-state index contributed by atoms with van der Waals surface area (Å²) >= 11 is 0. The maximum absolute atomic E-state index is 11.6. The summed E-state index contributed by atoms with van der Waals surface area (Å²) in [5, 5.41) is 6.24. The van der Waals surface area contributed by atoms with E-state index in [1.165, 1.54) is 0 Å². The van der Waals surface area contributed by atoms with Crippen LogP contribution in [0, 0.1) is 5.41 Å². The third kappa shape index (κ3) is 4.93. The lowest BCUT2D eigenvalue weighted by atomic mass is 10.4. The molecule has 0 aromatic carbocycles. The molecular formula is C5H8FNO2. The number of rotatable bonds is 3. The molecule has 0 unspecified atom stereocenters. The van der Waals surface area contributed by atoms with Gasteiger partial charge in [-0.1, -0.05) is 0 Å². The highest BCUT2D eigenvalue weighted by Crippen LogP contribution is 1.88. The van der Waals surface area contributed by atoms with Crippen molar-refractivity contribution in [3.05, 3.63) is 0 Å². The van der Waals surface area contributed by atoms with Crippen LogP contribution >= 0.6 is 0 Å². The lowest BCUT2D eigenvalue weighted by Crippen LogP contribution is -2.06. The van der Waals surface area contributed by atoms with Gasteiger partial charge in [0.2, 0.25) is 0 Å². The second kappa shape index (κ2) is 4.00. The van der Waals surface area contributed by atoms with Crippen LogP contribution in [0.5, 0.6) is 0 Å². The minimum Gasteiger partial charge on any atom is -0.466 e. The van der Waals surface area contributed by atoms with E-state index in [0.29, 0.717) is 0 Å². The van der Waals surface area contributed by atoms with Crippen molar-refractivity contribution in [1.82, 2.24) is 0 Å². The van der Waals surface area contributed by atoms with E-state index in [1.54, 1.807) is 6.92 Å². The number of hydrogen-bond donors (Lipinski definition) is 1. The van der Waals surface area contributed by atoms with Crippen LogP contribution in [-0.4, -0.2) is 18.5 Å². The Kier molecular flexibility index (Phi) is 3.59. The Labute approximate surface area is 52.3 Å². The summed E-state index contributed by atoms with van der Waals surface area (Å²) in [5.41, 5.74) is 0. The monoisotopic (exact) mass is 133 g/mol. The number of halogens is 1. The Hall–Kier alpha value is -0.930. The first-order chi connectivity index (χ1) is 4.16. The van der Waals surface area contributed by atoms with Crippen LogP contribution in [-0.2, 0) is 9.53 Å². The summed E-state index contributed by atoms with van der Waals surface area (Å²) in [5.74, 6) is -1.85. The van der Waals surface area contributed by atoms with Gasteiger partial charge in [0.1, 0.15) is 6.42 Å². The van der Waals surface area contributed by atoms with Crippen molar-refractivity contribution in [1.29, 1.82) is 5.41 Å². The number of nitrogens with one attached hydrogen (secondary N) is 1. The molecule has 0 aromatic rings. The maximum atomic E-state index is 11.6. The first-order valence-electron chi connectivity index (χ1n) is 2.55. The highest BCUT2D eigenvalue weighted by molar-refractivity contribution is 5.91. The minimum atomic E-state index is -1.16. The topological polar surface area (TPSA) is 50.2 Å². The average molecular weight is 133 g/mol. The molecule has 0 aromatic heterocycles. The van der Waals surface area contributed by atoms with Crippen molar-refractivity contribution in [2.75, 3.05) is 6.61 Å². The molecule has 9 heavy (non-hydrogen) atoms. The average Bonchev–Trinajstić information content (AvgIpc) is 1.63. The zero-order chi connectivity index (χ0) is 7.28. The standard InChI is InChI=1S/C5H8FNO2/c1-2-9-5(8)3-4(6)7/h7H,2-3H2,1H3. The van der Waals surface area contributed by atoms with Crippen LogP contribution in [0.15, 0.2) is 0 Å². The van der Waals surface area contributed by atoms with Gasteiger partial charge in [0, 0.05) is 0 Å². The van der Waals surface area contributed by atoms with Gasteiger partial charge in [-0.25, -0.2) is 0 Å². The molecular weight excluding hydrogens is 125 g/mol. The predicted molar refractivity (Wildman–Crippen MR) is 30.1 cm³/mol. The van der Waals surface area contributed by atoms with Crippen LogP contribution in [0.4, 0.5) is 4.39 Å². The van der Waals surface area contributed by atoms with Gasteiger partial charge in [0.15, 0.2) is 5.97 Å². The molecule has 0 rings (SSSR count). The van der Waals surface area contributed by atoms with Gasteiger partial charge in [0.05, 0.1) is 6.61 Å². The van der Waals surface area contributed by atoms with E-state index in [9.17, 15) is 9.18 Å². The molecule has 0 saturated carbocycles. The first kappa shape index (κ1) is 8.07. The van der Waals surface area contributed by atoms with Crippen molar-refractivity contribution in [2.45, 2.75) is 13.3 Å². The van der Waals surface area contributed by atoms with Crippen molar-refractivity contribution in [2.24, 2.45) is 0 Å². The van der Waals surface area contributed by atoms with Gasteiger partial charge in [-0.05, 0) is 6.92 Å². The Morgan fingerprint density at radius 2 is 2.33 bits per heavy atom. The molecule has 0 aliphatic rings. The van der Waals surface area contributed by atoms with Crippen LogP contribution in [0.25, 0.3) is 0 Å².